The molecule has 1 aliphatic heterocycles. The van der Waals surface area contributed by atoms with Crippen LogP contribution in [0, 0.1) is 0 Å². The van der Waals surface area contributed by atoms with Crippen molar-refractivity contribution in [1.82, 2.24) is 9.58 Å². The maximum Gasteiger partial charge on any atom is 0.510 e. The topological polar surface area (TPSA) is 187 Å². The van der Waals surface area contributed by atoms with Gasteiger partial charge in [-0.05, 0) is 0 Å². The molecule has 208 valence electrons. The fraction of sp³-hybridized carbons (Fsp3) is 0.526. The van der Waals surface area contributed by atoms with Gasteiger partial charge >= 0.3 is 19.9 Å². The first kappa shape index (κ1) is 27.8. The Labute approximate surface area is 218 Å². The number of alkyl halides is 1. The molecular formula is C19H21FN3O13PS. The van der Waals surface area contributed by atoms with E-state index in [0.717, 1.165) is 13.2 Å². The lowest BCUT2D eigenvalue weighted by Gasteiger charge is -2.69. The molecule has 2 heterocycles. The minimum Gasteiger partial charge on any atom is -0.460 e. The molecule has 1 N–H and O–H groups in total. The SMILES string of the molecule is COC(=O)OCOP(=O)(OCOC(=O)C(=O)S)OCOc1c2n(ccc1=O)NCN(C13CC(F)(C1)C3)C2=O. The molecule has 0 radical (unpaired) electrons. The summed E-state index contributed by atoms with van der Waals surface area (Å²) in [4.78, 5) is 60.3. The first-order valence-corrected chi connectivity index (χ1v) is 12.6. The maximum atomic E-state index is 14.1. The zero-order valence-electron chi connectivity index (χ0n) is 19.6. The Morgan fingerprint density at radius 1 is 1.11 bits per heavy atom. The van der Waals surface area contributed by atoms with Crippen LogP contribution in [0.15, 0.2) is 17.1 Å². The molecule has 0 aromatic carbocycles. The zero-order valence-corrected chi connectivity index (χ0v) is 21.4. The van der Waals surface area contributed by atoms with E-state index in [9.17, 15) is 32.9 Å². The van der Waals surface area contributed by atoms with Gasteiger partial charge in [-0.25, -0.2) is 32.1 Å². The fourth-order valence-corrected chi connectivity index (χ4v) is 5.12. The number of fused-ring (bicyclic) bond motifs is 1. The van der Waals surface area contributed by atoms with Crippen molar-refractivity contribution < 1.29 is 60.7 Å². The number of halogens is 1. The van der Waals surface area contributed by atoms with Gasteiger partial charge < -0.3 is 29.3 Å². The summed E-state index contributed by atoms with van der Waals surface area (Å²) in [5.74, 6) is -2.52. The molecule has 16 nitrogen and oxygen atoms in total. The number of phosphoric acid groups is 1. The lowest BCUT2D eigenvalue weighted by molar-refractivity contribution is -0.212. The monoisotopic (exact) mass is 581 g/mol. The van der Waals surface area contributed by atoms with Crippen molar-refractivity contribution in [1.29, 1.82) is 0 Å². The molecule has 1 aromatic heterocycles. The molecular weight excluding hydrogens is 560 g/mol. The van der Waals surface area contributed by atoms with Crippen molar-refractivity contribution in [2.45, 2.75) is 30.5 Å². The van der Waals surface area contributed by atoms with Gasteiger partial charge in [0, 0.05) is 31.5 Å². The number of phosphoric ester groups is 1. The summed E-state index contributed by atoms with van der Waals surface area (Å²) in [7, 11) is -3.74. The summed E-state index contributed by atoms with van der Waals surface area (Å²) in [6.07, 6.45) is 0.676. The van der Waals surface area contributed by atoms with Crippen LogP contribution in [0.5, 0.6) is 5.75 Å². The first-order valence-electron chi connectivity index (χ1n) is 10.7. The van der Waals surface area contributed by atoms with E-state index in [0.29, 0.717) is 0 Å². The number of thiol groups is 1. The van der Waals surface area contributed by atoms with Gasteiger partial charge in [-0.2, -0.15) is 0 Å². The average Bonchev–Trinajstić information content (AvgIpc) is 2.83. The Bertz CT molecular complexity index is 1250. The van der Waals surface area contributed by atoms with Crippen molar-refractivity contribution in [2.24, 2.45) is 0 Å². The largest absolute Gasteiger partial charge is 0.510 e. The van der Waals surface area contributed by atoms with E-state index >= 15 is 0 Å². The van der Waals surface area contributed by atoms with Crippen LogP contribution in [0.25, 0.3) is 0 Å². The van der Waals surface area contributed by atoms with Gasteiger partial charge in [-0.15, -0.1) is 0 Å². The number of hydrogen-bond acceptors (Lipinski definition) is 14. The predicted octanol–water partition coefficient (Wildman–Crippen LogP) is 0.641. The Hall–Kier alpha value is -3.18. The Morgan fingerprint density at radius 3 is 2.34 bits per heavy atom. The molecule has 4 aliphatic rings. The van der Waals surface area contributed by atoms with Gasteiger partial charge in [0.1, 0.15) is 12.3 Å². The molecule has 3 fully saturated rings. The van der Waals surface area contributed by atoms with Crippen molar-refractivity contribution in [3.8, 4) is 5.75 Å². The predicted molar refractivity (Wildman–Crippen MR) is 121 cm³/mol. The molecule has 0 saturated heterocycles. The highest BCUT2D eigenvalue weighted by atomic mass is 32.1. The number of nitrogens with zero attached hydrogens (tertiary/aromatic N) is 2. The zero-order chi connectivity index (χ0) is 27.7. The van der Waals surface area contributed by atoms with E-state index in [1.807, 2.05) is 0 Å². The average molecular weight is 581 g/mol. The van der Waals surface area contributed by atoms with Gasteiger partial charge in [-0.3, -0.25) is 19.1 Å². The quantitative estimate of drug-likeness (QED) is 0.115. The molecule has 3 saturated carbocycles. The second-order valence-electron chi connectivity index (χ2n) is 8.35. The van der Waals surface area contributed by atoms with Crippen LogP contribution in [0.4, 0.5) is 9.18 Å². The lowest BCUT2D eigenvalue weighted by Crippen LogP contribution is -2.79. The molecule has 3 aliphatic carbocycles. The van der Waals surface area contributed by atoms with Gasteiger partial charge in [0.15, 0.2) is 5.69 Å². The Balaban J connectivity index is 1.44. The normalized spacial score (nSPS) is 24.5. The summed E-state index contributed by atoms with van der Waals surface area (Å²) >= 11 is 3.24. The van der Waals surface area contributed by atoms with E-state index in [1.165, 1.54) is 15.8 Å². The van der Waals surface area contributed by atoms with E-state index in [4.69, 9.17) is 18.3 Å². The van der Waals surface area contributed by atoms with E-state index in [2.05, 4.69) is 32.3 Å². The molecule has 0 spiro atoms. The van der Waals surface area contributed by atoms with Crippen molar-refractivity contribution in [3.63, 3.8) is 0 Å². The number of pyridine rings is 1. The number of esters is 1. The minimum atomic E-state index is -4.74. The van der Waals surface area contributed by atoms with Crippen molar-refractivity contribution in [2.75, 3.05) is 39.6 Å². The van der Waals surface area contributed by atoms with Crippen LogP contribution < -0.4 is 15.6 Å². The Morgan fingerprint density at radius 2 is 1.74 bits per heavy atom. The molecule has 1 atom stereocenters. The summed E-state index contributed by atoms with van der Waals surface area (Å²) in [6.45, 7) is -3.06. The van der Waals surface area contributed by atoms with Crippen LogP contribution in [0.1, 0.15) is 29.8 Å². The van der Waals surface area contributed by atoms with Crippen LogP contribution in [0.2, 0.25) is 0 Å². The summed E-state index contributed by atoms with van der Waals surface area (Å²) in [6, 6.07) is 1.09. The number of aromatic nitrogens is 1. The van der Waals surface area contributed by atoms with Gasteiger partial charge in [0.2, 0.25) is 31.6 Å². The molecule has 1 aromatic rings. The van der Waals surface area contributed by atoms with E-state index in [1.54, 1.807) is 0 Å². The first-order chi connectivity index (χ1) is 17.9. The van der Waals surface area contributed by atoms with Crippen LogP contribution >= 0.6 is 20.5 Å². The maximum absolute atomic E-state index is 14.1. The smallest absolute Gasteiger partial charge is 0.460 e. The molecule has 1 amide bonds. The summed E-state index contributed by atoms with van der Waals surface area (Å²) in [5, 5.41) is -1.27. The standard InChI is InChI=1S/C19H21FN3O13PS/c1-30-17(28)33-10-36-37(29,35-9-32-15(26)16(27)38)34-8-31-13-11(24)2-3-23-12(13)14(25)22(7-21-23)19-4-18(20,5-19)6-19/h2-3,21H,4-10H2,1H3,(H,27,38). The number of hydrogen-bond donors (Lipinski definition) is 2. The van der Waals surface area contributed by atoms with E-state index in [-0.39, 0.29) is 31.6 Å². The molecule has 19 heteroatoms. The van der Waals surface area contributed by atoms with Crippen molar-refractivity contribution >= 4 is 43.6 Å². The van der Waals surface area contributed by atoms with Gasteiger partial charge in [0.25, 0.3) is 11.0 Å². The highest BCUT2D eigenvalue weighted by molar-refractivity contribution is 7.98. The third kappa shape index (κ3) is 5.49. The summed E-state index contributed by atoms with van der Waals surface area (Å²) < 4.78 is 60.9. The second kappa shape index (κ2) is 10.5. The third-order valence-corrected chi connectivity index (χ3v) is 7.40. The van der Waals surface area contributed by atoms with Crippen LogP contribution in [0.3, 0.4) is 0 Å². The number of ether oxygens (including phenoxy) is 4. The summed E-state index contributed by atoms with van der Waals surface area (Å²) in [5.41, 5.74) is 0.0535. The Kier molecular flexibility index (Phi) is 7.72. The van der Waals surface area contributed by atoms with Crippen molar-refractivity contribution in [3.05, 3.63) is 28.2 Å². The number of rotatable bonds is 12. The van der Waals surface area contributed by atoms with E-state index < -0.39 is 73.7 Å². The second-order valence-corrected chi connectivity index (χ2v) is 10.4. The fourth-order valence-electron chi connectivity index (χ4n) is 4.29. The molecule has 2 bridgehead atoms. The number of methoxy groups -OCH3 is 1. The van der Waals surface area contributed by atoms with Gasteiger partial charge in [0.05, 0.1) is 12.6 Å². The number of carbonyl (C=O) groups excluding carboxylic acids is 4. The van der Waals surface area contributed by atoms with Crippen LogP contribution in [-0.2, 0) is 41.9 Å². The molecule has 38 heavy (non-hydrogen) atoms. The number of amides is 1. The minimum absolute atomic E-state index is 0.0747. The molecule has 5 rings (SSSR count). The third-order valence-electron chi connectivity index (χ3n) is 5.96. The highest BCUT2D eigenvalue weighted by Crippen LogP contribution is 2.66. The number of nitrogens with one attached hydrogen (secondary N) is 1. The molecule has 1 unspecified atom stereocenters. The number of carbonyl (C=O) groups is 4. The van der Waals surface area contributed by atoms with Crippen LogP contribution in [-0.4, -0.2) is 78.1 Å². The van der Waals surface area contributed by atoms with Gasteiger partial charge in [-0.1, -0.05) is 12.6 Å². The highest BCUT2D eigenvalue weighted by Gasteiger charge is 2.73. The lowest BCUT2D eigenvalue weighted by atomic mass is 9.46.